The summed E-state index contributed by atoms with van der Waals surface area (Å²) >= 11 is 0. The van der Waals surface area contributed by atoms with E-state index < -0.39 is 23.9 Å². The Morgan fingerprint density at radius 1 is 0.480 bits per heavy atom. The summed E-state index contributed by atoms with van der Waals surface area (Å²) in [6.45, 7) is 0. The molecule has 4 N–H and O–H groups in total. The number of carboxylic acid groups (broad SMARTS) is 4. The Labute approximate surface area is 146 Å². The number of carboxylic acids is 4. The van der Waals surface area contributed by atoms with Crippen molar-refractivity contribution in [1.82, 2.24) is 0 Å². The summed E-state index contributed by atoms with van der Waals surface area (Å²) in [5.74, 6) is -4.91. The molecule has 0 saturated heterocycles. The van der Waals surface area contributed by atoms with Crippen LogP contribution in [0.1, 0.15) is 41.4 Å². The van der Waals surface area contributed by atoms with E-state index in [2.05, 4.69) is 0 Å². The molecule has 0 spiro atoms. The third-order valence-electron chi connectivity index (χ3n) is 2.78. The van der Waals surface area contributed by atoms with Crippen molar-refractivity contribution in [3.63, 3.8) is 0 Å². The molecule has 132 valence electrons. The Bertz CT molecular complexity index is 667. The first-order valence-corrected chi connectivity index (χ1v) is 6.37. The maximum absolute atomic E-state index is 10.5. The maximum Gasteiger partial charge on any atom is 0.336 e. The van der Waals surface area contributed by atoms with Crippen LogP contribution < -0.4 is 0 Å². The Hall–Kier alpha value is -3.46. The van der Waals surface area contributed by atoms with Gasteiger partial charge in [0.15, 0.2) is 0 Å². The van der Waals surface area contributed by atoms with E-state index in [1.165, 1.54) is 48.5 Å². The van der Waals surface area contributed by atoms with Gasteiger partial charge in [-0.15, -0.1) is 0 Å². The molecule has 0 radical (unpaired) electrons. The van der Waals surface area contributed by atoms with Crippen molar-refractivity contribution in [2.75, 3.05) is 0 Å². The molecule has 0 heterocycles. The minimum absolute atomic E-state index is 0. The molecule has 0 amide bonds. The van der Waals surface area contributed by atoms with E-state index in [1.807, 2.05) is 0 Å². The monoisotopic (exact) mass is 364 g/mol. The molecule has 2 aromatic carbocycles. The van der Waals surface area contributed by atoms with E-state index in [0.29, 0.717) is 0 Å². The Morgan fingerprint density at radius 2 is 0.640 bits per heavy atom. The van der Waals surface area contributed by atoms with Gasteiger partial charge in [-0.1, -0.05) is 24.3 Å². The Balaban J connectivity index is 0.000000443. The highest BCUT2D eigenvalue weighted by Gasteiger charge is 2.14. The van der Waals surface area contributed by atoms with Crippen LogP contribution in [-0.2, 0) is 0 Å². The standard InChI is InChI=1S/2C8H6O4.H4Si/c2*9-7(10)5-3-1-2-4-6(5)8(11)12;/h2*1-4H,(H,9,10)(H,11,12);1H4. The second-order valence-electron chi connectivity index (χ2n) is 4.31. The van der Waals surface area contributed by atoms with Crippen LogP contribution >= 0.6 is 0 Å². The molecule has 2 aromatic rings. The van der Waals surface area contributed by atoms with Gasteiger partial charge in [-0.05, 0) is 35.2 Å². The molecule has 0 aliphatic rings. The second-order valence-corrected chi connectivity index (χ2v) is 4.31. The van der Waals surface area contributed by atoms with Crippen LogP contribution in [0.3, 0.4) is 0 Å². The zero-order valence-electron chi connectivity index (χ0n) is 12.0. The van der Waals surface area contributed by atoms with Crippen LogP contribution in [0.25, 0.3) is 0 Å². The predicted molar refractivity (Wildman–Crippen MR) is 92.1 cm³/mol. The maximum atomic E-state index is 10.5. The molecular formula is C16H16O8Si. The van der Waals surface area contributed by atoms with Gasteiger partial charge in [-0.25, -0.2) is 19.2 Å². The lowest BCUT2D eigenvalue weighted by molar-refractivity contribution is 0.0651. The highest BCUT2D eigenvalue weighted by Crippen LogP contribution is 2.08. The fourth-order valence-electron chi connectivity index (χ4n) is 1.71. The normalized spacial score (nSPS) is 8.96. The van der Waals surface area contributed by atoms with Gasteiger partial charge in [0.1, 0.15) is 0 Å². The fraction of sp³-hybridized carbons (Fsp3) is 0. The highest BCUT2D eigenvalue weighted by atomic mass is 28.1. The van der Waals surface area contributed by atoms with Crippen LogP contribution in [0.4, 0.5) is 0 Å². The first kappa shape index (κ1) is 21.5. The van der Waals surface area contributed by atoms with Gasteiger partial charge in [-0.2, -0.15) is 0 Å². The van der Waals surface area contributed by atoms with Crippen LogP contribution in [-0.4, -0.2) is 55.3 Å². The van der Waals surface area contributed by atoms with Gasteiger partial charge in [-0.3, -0.25) is 0 Å². The summed E-state index contributed by atoms with van der Waals surface area (Å²) < 4.78 is 0. The van der Waals surface area contributed by atoms with Crippen LogP contribution in [0.5, 0.6) is 0 Å². The first-order chi connectivity index (χ1) is 11.3. The fourth-order valence-corrected chi connectivity index (χ4v) is 1.71. The molecule has 0 aromatic heterocycles. The number of hydrogen-bond acceptors (Lipinski definition) is 4. The first-order valence-electron chi connectivity index (χ1n) is 6.37. The van der Waals surface area contributed by atoms with Crippen molar-refractivity contribution in [2.45, 2.75) is 0 Å². The number of rotatable bonds is 4. The van der Waals surface area contributed by atoms with E-state index >= 15 is 0 Å². The summed E-state index contributed by atoms with van der Waals surface area (Å²) in [4.78, 5) is 41.9. The molecular weight excluding hydrogens is 348 g/mol. The van der Waals surface area contributed by atoms with Crippen molar-refractivity contribution in [1.29, 1.82) is 0 Å². The zero-order chi connectivity index (χ0) is 18.3. The quantitative estimate of drug-likeness (QED) is 0.580. The minimum Gasteiger partial charge on any atom is -0.478 e. The molecule has 0 atom stereocenters. The zero-order valence-corrected chi connectivity index (χ0v) is 12.0. The summed E-state index contributed by atoms with van der Waals surface area (Å²) in [6, 6.07) is 11.0. The van der Waals surface area contributed by atoms with E-state index in [1.54, 1.807) is 0 Å². The Kier molecular flexibility index (Phi) is 8.29. The van der Waals surface area contributed by atoms with E-state index in [4.69, 9.17) is 20.4 Å². The average Bonchev–Trinajstić information content (AvgIpc) is 2.55. The summed E-state index contributed by atoms with van der Waals surface area (Å²) in [5, 5.41) is 34.2. The van der Waals surface area contributed by atoms with Gasteiger partial charge in [0.25, 0.3) is 0 Å². The highest BCUT2D eigenvalue weighted by molar-refractivity contribution is 6.02. The molecule has 0 unspecified atom stereocenters. The van der Waals surface area contributed by atoms with Crippen LogP contribution in [0.2, 0.25) is 0 Å². The molecule has 0 saturated carbocycles. The summed E-state index contributed by atoms with van der Waals surface area (Å²) in [5.41, 5.74) is -0.759. The lowest BCUT2D eigenvalue weighted by Crippen LogP contribution is -2.06. The molecule has 25 heavy (non-hydrogen) atoms. The van der Waals surface area contributed by atoms with Gasteiger partial charge < -0.3 is 20.4 Å². The van der Waals surface area contributed by atoms with Crippen molar-refractivity contribution >= 4 is 34.8 Å². The van der Waals surface area contributed by atoms with Crippen molar-refractivity contribution in [2.24, 2.45) is 0 Å². The molecule has 9 heteroatoms. The SMILES string of the molecule is O=C(O)c1ccccc1C(=O)O.O=C(O)c1ccccc1C(=O)O.[SiH4]. The van der Waals surface area contributed by atoms with E-state index in [0.717, 1.165) is 0 Å². The van der Waals surface area contributed by atoms with Crippen molar-refractivity contribution in [3.8, 4) is 0 Å². The lowest BCUT2D eigenvalue weighted by Gasteiger charge is -1.98. The molecule has 0 aliphatic carbocycles. The average molecular weight is 364 g/mol. The van der Waals surface area contributed by atoms with Gasteiger partial charge in [0.2, 0.25) is 0 Å². The number of hydrogen-bond donors (Lipinski definition) is 4. The largest absolute Gasteiger partial charge is 0.478 e. The third-order valence-corrected chi connectivity index (χ3v) is 2.78. The van der Waals surface area contributed by atoms with E-state index in [-0.39, 0.29) is 33.2 Å². The van der Waals surface area contributed by atoms with E-state index in [9.17, 15) is 19.2 Å². The second kappa shape index (κ2) is 9.63. The lowest BCUT2D eigenvalue weighted by atomic mass is 10.1. The van der Waals surface area contributed by atoms with Crippen molar-refractivity contribution < 1.29 is 39.6 Å². The van der Waals surface area contributed by atoms with Gasteiger partial charge in [0.05, 0.1) is 22.3 Å². The van der Waals surface area contributed by atoms with Crippen LogP contribution in [0.15, 0.2) is 48.5 Å². The topological polar surface area (TPSA) is 149 Å². The summed E-state index contributed by atoms with van der Waals surface area (Å²) in [7, 11) is 0. The predicted octanol–water partition coefficient (Wildman–Crippen LogP) is 0.714. The van der Waals surface area contributed by atoms with Gasteiger partial charge >= 0.3 is 23.9 Å². The minimum atomic E-state index is -1.23. The van der Waals surface area contributed by atoms with Crippen molar-refractivity contribution in [3.05, 3.63) is 70.8 Å². The van der Waals surface area contributed by atoms with Gasteiger partial charge in [0, 0.05) is 0 Å². The third kappa shape index (κ3) is 5.92. The number of carbonyl (C=O) groups is 4. The molecule has 8 nitrogen and oxygen atoms in total. The molecule has 0 aliphatic heterocycles. The summed E-state index contributed by atoms with van der Waals surface area (Å²) in [6.07, 6.45) is 0. The Morgan fingerprint density at radius 3 is 0.760 bits per heavy atom. The number of aromatic carboxylic acids is 4. The molecule has 0 bridgehead atoms. The molecule has 2 rings (SSSR count). The molecule has 0 fully saturated rings. The smallest absolute Gasteiger partial charge is 0.336 e. The van der Waals surface area contributed by atoms with Crippen LogP contribution in [0, 0.1) is 0 Å². The number of benzene rings is 2.